The van der Waals surface area contributed by atoms with Crippen molar-refractivity contribution in [2.75, 3.05) is 20.0 Å². The third-order valence-electron chi connectivity index (χ3n) is 2.66. The van der Waals surface area contributed by atoms with E-state index in [4.69, 9.17) is 26.8 Å². The third kappa shape index (κ3) is 2.85. The predicted octanol–water partition coefficient (Wildman–Crippen LogP) is 2.33. The Kier molecular flexibility index (Phi) is 4.14. The average Bonchev–Trinajstić information content (AvgIpc) is 2.75. The van der Waals surface area contributed by atoms with E-state index in [1.165, 1.54) is 4.68 Å². The minimum atomic E-state index is 0.315. The summed E-state index contributed by atoms with van der Waals surface area (Å²) in [6.07, 6.45) is 3.31. The molecule has 6 nitrogen and oxygen atoms in total. The Morgan fingerprint density at radius 2 is 1.95 bits per heavy atom. The molecule has 0 amide bonds. The van der Waals surface area contributed by atoms with E-state index >= 15 is 0 Å². The summed E-state index contributed by atoms with van der Waals surface area (Å²) < 4.78 is 11.9. The number of ether oxygens (including phenoxy) is 2. The van der Waals surface area contributed by atoms with Gasteiger partial charge >= 0.3 is 0 Å². The second kappa shape index (κ2) is 5.83. The molecule has 0 aliphatic carbocycles. The summed E-state index contributed by atoms with van der Waals surface area (Å²) in [6.45, 7) is 1.84. The highest BCUT2D eigenvalue weighted by Gasteiger charge is 2.08. The SMILES string of the molecule is COc1cc(Cl)c(C=Nn2cc(C)nc2N)cc1OC. The van der Waals surface area contributed by atoms with Crippen LogP contribution >= 0.6 is 11.6 Å². The van der Waals surface area contributed by atoms with Crippen LogP contribution in [-0.2, 0) is 0 Å². The molecule has 2 N–H and O–H groups in total. The molecule has 2 rings (SSSR count). The van der Waals surface area contributed by atoms with Crippen molar-refractivity contribution in [1.29, 1.82) is 0 Å². The Balaban J connectivity index is 2.36. The fraction of sp³-hybridized carbons (Fsp3) is 0.231. The number of nitrogens with two attached hydrogens (primary N) is 1. The van der Waals surface area contributed by atoms with Crippen LogP contribution in [-0.4, -0.2) is 30.1 Å². The van der Waals surface area contributed by atoms with Crippen molar-refractivity contribution in [2.24, 2.45) is 5.10 Å². The van der Waals surface area contributed by atoms with Gasteiger partial charge in [0.2, 0.25) is 5.95 Å². The van der Waals surface area contributed by atoms with Gasteiger partial charge in [-0.2, -0.15) is 5.10 Å². The number of nitrogens with zero attached hydrogens (tertiary/aromatic N) is 3. The minimum absolute atomic E-state index is 0.315. The number of anilines is 1. The number of imidazole rings is 1. The number of hydrogen-bond donors (Lipinski definition) is 1. The van der Waals surface area contributed by atoms with Gasteiger partial charge in [0.05, 0.1) is 37.3 Å². The van der Waals surface area contributed by atoms with Gasteiger partial charge in [-0.15, -0.1) is 0 Å². The van der Waals surface area contributed by atoms with E-state index in [0.29, 0.717) is 28.0 Å². The highest BCUT2D eigenvalue weighted by molar-refractivity contribution is 6.33. The molecule has 0 bridgehead atoms. The first-order valence-corrected chi connectivity index (χ1v) is 6.20. The van der Waals surface area contributed by atoms with Crippen molar-refractivity contribution >= 4 is 23.8 Å². The first kappa shape index (κ1) is 14.2. The molecule has 1 aromatic heterocycles. The smallest absolute Gasteiger partial charge is 0.221 e. The summed E-state index contributed by atoms with van der Waals surface area (Å²) in [5, 5.41) is 4.71. The maximum absolute atomic E-state index is 6.17. The van der Waals surface area contributed by atoms with E-state index in [9.17, 15) is 0 Å². The van der Waals surface area contributed by atoms with Gasteiger partial charge in [0.15, 0.2) is 11.5 Å². The quantitative estimate of drug-likeness (QED) is 0.878. The number of aryl methyl sites for hydroxylation is 1. The Labute approximate surface area is 121 Å². The second-order valence-electron chi connectivity index (χ2n) is 4.06. The molecule has 0 saturated heterocycles. The summed E-state index contributed by atoms with van der Waals surface area (Å²) >= 11 is 6.17. The number of halogens is 1. The topological polar surface area (TPSA) is 74.7 Å². The van der Waals surface area contributed by atoms with Gasteiger partial charge in [-0.3, -0.25) is 0 Å². The van der Waals surface area contributed by atoms with Gasteiger partial charge in [-0.05, 0) is 13.0 Å². The van der Waals surface area contributed by atoms with Crippen molar-refractivity contribution in [3.8, 4) is 11.5 Å². The fourth-order valence-corrected chi connectivity index (χ4v) is 1.89. The van der Waals surface area contributed by atoms with Crippen molar-refractivity contribution in [3.05, 3.63) is 34.6 Å². The molecule has 0 unspecified atom stereocenters. The van der Waals surface area contributed by atoms with Crippen LogP contribution in [0.3, 0.4) is 0 Å². The van der Waals surface area contributed by atoms with Gasteiger partial charge in [-0.25, -0.2) is 9.66 Å². The molecular weight excluding hydrogens is 280 g/mol. The van der Waals surface area contributed by atoms with Crippen molar-refractivity contribution < 1.29 is 9.47 Å². The number of nitrogen functional groups attached to an aromatic ring is 1. The van der Waals surface area contributed by atoms with Crippen LogP contribution in [0.15, 0.2) is 23.4 Å². The lowest BCUT2D eigenvalue weighted by atomic mass is 10.2. The maximum Gasteiger partial charge on any atom is 0.221 e. The number of benzene rings is 1. The minimum Gasteiger partial charge on any atom is -0.493 e. The van der Waals surface area contributed by atoms with E-state index in [-0.39, 0.29) is 0 Å². The molecular formula is C13H15ClN4O2. The first-order valence-electron chi connectivity index (χ1n) is 5.82. The van der Waals surface area contributed by atoms with Gasteiger partial charge in [-0.1, -0.05) is 11.6 Å². The van der Waals surface area contributed by atoms with Crippen LogP contribution in [0.1, 0.15) is 11.3 Å². The molecule has 1 aromatic carbocycles. The second-order valence-corrected chi connectivity index (χ2v) is 4.47. The molecule has 0 aliphatic rings. The summed E-state index contributed by atoms with van der Waals surface area (Å²) in [5.41, 5.74) is 7.19. The van der Waals surface area contributed by atoms with Crippen LogP contribution in [0.4, 0.5) is 5.95 Å². The van der Waals surface area contributed by atoms with Gasteiger partial charge < -0.3 is 15.2 Å². The first-order chi connectivity index (χ1) is 9.55. The Hall–Kier alpha value is -2.21. The highest BCUT2D eigenvalue weighted by Crippen LogP contribution is 2.32. The molecule has 0 saturated carbocycles. The summed E-state index contributed by atoms with van der Waals surface area (Å²) in [5.74, 6) is 1.45. The van der Waals surface area contributed by atoms with Gasteiger partial charge in [0.25, 0.3) is 0 Å². The Bertz CT molecular complexity index is 652. The van der Waals surface area contributed by atoms with E-state index in [2.05, 4.69) is 10.1 Å². The number of methoxy groups -OCH3 is 2. The van der Waals surface area contributed by atoms with Crippen LogP contribution in [0.25, 0.3) is 0 Å². The zero-order valence-electron chi connectivity index (χ0n) is 11.4. The van der Waals surface area contributed by atoms with Crippen molar-refractivity contribution in [3.63, 3.8) is 0 Å². The summed E-state index contributed by atoms with van der Waals surface area (Å²) in [4.78, 5) is 4.06. The Morgan fingerprint density at radius 1 is 1.30 bits per heavy atom. The molecule has 0 radical (unpaired) electrons. The van der Waals surface area contributed by atoms with E-state index in [1.54, 1.807) is 38.8 Å². The summed E-state index contributed by atoms with van der Waals surface area (Å²) in [6, 6.07) is 3.41. The molecule has 106 valence electrons. The van der Waals surface area contributed by atoms with E-state index in [1.807, 2.05) is 6.92 Å². The van der Waals surface area contributed by atoms with E-state index in [0.717, 1.165) is 5.69 Å². The van der Waals surface area contributed by atoms with Crippen LogP contribution in [0.5, 0.6) is 11.5 Å². The monoisotopic (exact) mass is 294 g/mol. The van der Waals surface area contributed by atoms with Crippen molar-refractivity contribution in [2.45, 2.75) is 6.92 Å². The predicted molar refractivity (Wildman–Crippen MR) is 78.9 cm³/mol. The normalized spacial score (nSPS) is 11.0. The molecule has 0 aliphatic heterocycles. The molecule has 2 aromatic rings. The molecule has 1 heterocycles. The lowest BCUT2D eigenvalue weighted by molar-refractivity contribution is 0.355. The molecule has 0 atom stereocenters. The third-order valence-corrected chi connectivity index (χ3v) is 2.99. The molecule has 7 heteroatoms. The zero-order valence-corrected chi connectivity index (χ0v) is 12.2. The zero-order chi connectivity index (χ0) is 14.7. The van der Waals surface area contributed by atoms with Crippen LogP contribution < -0.4 is 15.2 Å². The molecule has 0 spiro atoms. The number of rotatable bonds is 4. The summed E-state index contributed by atoms with van der Waals surface area (Å²) in [7, 11) is 3.11. The standard InChI is InChI=1S/C13H15ClN4O2/c1-8-7-18(13(15)17-8)16-6-9-4-11(19-2)12(20-3)5-10(9)14/h4-7H,1-3H3,(H2,15,17). The number of hydrogen-bond acceptors (Lipinski definition) is 5. The van der Waals surface area contributed by atoms with Crippen molar-refractivity contribution in [1.82, 2.24) is 9.66 Å². The maximum atomic E-state index is 6.17. The van der Waals surface area contributed by atoms with E-state index < -0.39 is 0 Å². The van der Waals surface area contributed by atoms with Gasteiger partial charge in [0, 0.05) is 11.6 Å². The average molecular weight is 295 g/mol. The van der Waals surface area contributed by atoms with Crippen LogP contribution in [0.2, 0.25) is 5.02 Å². The fourth-order valence-electron chi connectivity index (χ4n) is 1.69. The molecule has 0 fully saturated rings. The Morgan fingerprint density at radius 3 is 2.50 bits per heavy atom. The molecule has 20 heavy (non-hydrogen) atoms. The lowest BCUT2D eigenvalue weighted by Crippen LogP contribution is -1.98. The highest BCUT2D eigenvalue weighted by atomic mass is 35.5. The number of aromatic nitrogens is 2. The van der Waals surface area contributed by atoms with Crippen LogP contribution in [0, 0.1) is 6.92 Å². The lowest BCUT2D eigenvalue weighted by Gasteiger charge is -2.09. The van der Waals surface area contributed by atoms with Gasteiger partial charge in [0.1, 0.15) is 0 Å². The largest absolute Gasteiger partial charge is 0.493 e.